The van der Waals surface area contributed by atoms with Crippen LogP contribution in [0.15, 0.2) is 79.0 Å². The van der Waals surface area contributed by atoms with Crippen molar-refractivity contribution in [2.75, 3.05) is 36.9 Å². The lowest BCUT2D eigenvalue weighted by Gasteiger charge is -2.40. The number of imidazole rings is 1. The summed E-state index contributed by atoms with van der Waals surface area (Å²) in [5.74, 6) is 1.02. The lowest BCUT2D eigenvalue weighted by molar-refractivity contribution is -0.0489. The van der Waals surface area contributed by atoms with Gasteiger partial charge in [0.1, 0.15) is 16.9 Å². The molecule has 212 valence electrons. The van der Waals surface area contributed by atoms with Gasteiger partial charge in [-0.3, -0.25) is 4.57 Å². The third kappa shape index (κ3) is 4.59. The van der Waals surface area contributed by atoms with Gasteiger partial charge in [0.05, 0.1) is 24.5 Å². The van der Waals surface area contributed by atoms with Gasteiger partial charge < -0.3 is 25.8 Å². The third-order valence-electron chi connectivity index (χ3n) is 8.21. The Labute approximate surface area is 242 Å². The summed E-state index contributed by atoms with van der Waals surface area (Å²) in [4.78, 5) is 28.3. The molecule has 2 aromatic carbocycles. The molecule has 0 radical (unpaired) electrons. The van der Waals surface area contributed by atoms with E-state index in [1.165, 1.54) is 0 Å². The largest absolute Gasteiger partial charge is 0.438 e. The minimum atomic E-state index is -0.761. The smallest absolute Gasteiger partial charge is 0.405 e. The number of aromatic nitrogens is 4. The summed E-state index contributed by atoms with van der Waals surface area (Å²) in [5, 5.41) is 0. The van der Waals surface area contributed by atoms with Gasteiger partial charge in [0, 0.05) is 36.2 Å². The maximum absolute atomic E-state index is 11.6. The van der Waals surface area contributed by atoms with Crippen LogP contribution in [0.4, 0.5) is 16.3 Å². The molecule has 7 rings (SSSR count). The number of rotatable bonds is 6. The number of benzene rings is 2. The quantitative estimate of drug-likeness (QED) is 0.294. The molecule has 1 aliphatic heterocycles. The number of hydrogen-bond acceptors (Lipinski definition) is 8. The second-order valence-electron chi connectivity index (χ2n) is 10.7. The zero-order chi connectivity index (χ0) is 28.7. The summed E-state index contributed by atoms with van der Waals surface area (Å²) in [5.41, 5.74) is 18.0. The minimum Gasteiger partial charge on any atom is -0.438 e. The highest BCUT2D eigenvalue weighted by molar-refractivity contribution is 5.85. The lowest BCUT2D eigenvalue weighted by atomic mass is 9.75. The Kier molecular flexibility index (Phi) is 6.47. The van der Waals surface area contributed by atoms with Crippen LogP contribution < -0.4 is 16.4 Å². The molecule has 4 heterocycles. The summed E-state index contributed by atoms with van der Waals surface area (Å²) in [6, 6.07) is 24.1. The van der Waals surface area contributed by atoms with Crippen molar-refractivity contribution in [3.63, 3.8) is 0 Å². The SMILES string of the molecule is NC(=O)OC1(c2ccc(-n3c(-c4cccnc4N)nc4ccc(-c5cccc(N6CCOCC6)c5)nc43)cc2)CCC1. The molecule has 1 amide bonds. The number of nitrogens with two attached hydrogens (primary N) is 2. The van der Waals surface area contributed by atoms with Gasteiger partial charge in [0.25, 0.3) is 0 Å². The molecule has 10 heteroatoms. The van der Waals surface area contributed by atoms with Crippen molar-refractivity contribution in [3.8, 4) is 28.3 Å². The first-order chi connectivity index (χ1) is 20.5. The summed E-state index contributed by atoms with van der Waals surface area (Å²) < 4.78 is 13.1. The zero-order valence-corrected chi connectivity index (χ0v) is 23.1. The van der Waals surface area contributed by atoms with Crippen LogP contribution in [0, 0.1) is 0 Å². The van der Waals surface area contributed by atoms with E-state index >= 15 is 0 Å². The van der Waals surface area contributed by atoms with Crippen LogP contribution in [0.1, 0.15) is 24.8 Å². The van der Waals surface area contributed by atoms with Gasteiger partial charge in [-0.15, -0.1) is 0 Å². The first-order valence-corrected chi connectivity index (χ1v) is 14.1. The van der Waals surface area contributed by atoms with E-state index in [1.807, 2.05) is 53.1 Å². The van der Waals surface area contributed by atoms with E-state index in [0.29, 0.717) is 22.9 Å². The van der Waals surface area contributed by atoms with Crippen LogP contribution in [-0.2, 0) is 15.1 Å². The molecule has 0 bridgehead atoms. The maximum Gasteiger partial charge on any atom is 0.405 e. The predicted molar refractivity (Wildman–Crippen MR) is 161 cm³/mol. The second kappa shape index (κ2) is 10.5. The summed E-state index contributed by atoms with van der Waals surface area (Å²) in [7, 11) is 0. The minimum absolute atomic E-state index is 0.382. The number of primary amides is 1. The van der Waals surface area contributed by atoms with E-state index in [1.54, 1.807) is 6.20 Å². The predicted octanol–water partition coefficient (Wildman–Crippen LogP) is 5.04. The number of nitrogen functional groups attached to an aromatic ring is 1. The number of carbonyl (C=O) groups is 1. The number of anilines is 2. The average molecular weight is 562 g/mol. The fraction of sp³-hybridized carbons (Fsp3) is 0.250. The van der Waals surface area contributed by atoms with Gasteiger partial charge >= 0.3 is 6.09 Å². The van der Waals surface area contributed by atoms with E-state index in [9.17, 15) is 4.79 Å². The fourth-order valence-corrected chi connectivity index (χ4v) is 5.89. The van der Waals surface area contributed by atoms with Gasteiger partial charge in [-0.25, -0.2) is 19.7 Å². The lowest BCUT2D eigenvalue weighted by Crippen LogP contribution is -2.40. The highest BCUT2D eigenvalue weighted by Gasteiger charge is 2.42. The molecule has 1 aliphatic carbocycles. The molecule has 2 fully saturated rings. The summed E-state index contributed by atoms with van der Waals surface area (Å²) >= 11 is 0. The maximum atomic E-state index is 11.6. The van der Waals surface area contributed by atoms with Crippen molar-refractivity contribution in [3.05, 3.63) is 84.6 Å². The summed E-state index contributed by atoms with van der Waals surface area (Å²) in [6.45, 7) is 3.17. The van der Waals surface area contributed by atoms with E-state index < -0.39 is 11.7 Å². The number of morpholine rings is 1. The number of carbonyl (C=O) groups excluding carboxylic acids is 1. The van der Waals surface area contributed by atoms with E-state index in [4.69, 9.17) is 30.9 Å². The van der Waals surface area contributed by atoms with Crippen molar-refractivity contribution < 1.29 is 14.3 Å². The fourth-order valence-electron chi connectivity index (χ4n) is 5.89. The standard InChI is InChI=1S/C32H31N7O3/c33-28-25(6-2-15-35-28)29-37-27-12-11-26(21-4-1-5-24(20-21)38-16-18-41-19-17-38)36-30(27)39(29)23-9-7-22(8-10-23)32(13-3-14-32)42-31(34)40/h1-2,4-12,15,20H,3,13-14,16-19H2,(H2,33,35)(H2,34,40). The zero-order valence-electron chi connectivity index (χ0n) is 23.1. The number of fused-ring (bicyclic) bond motifs is 1. The molecule has 1 saturated heterocycles. The highest BCUT2D eigenvalue weighted by atomic mass is 16.6. The Hall–Kier alpha value is -4.96. The molecule has 5 aromatic rings. The molecular weight excluding hydrogens is 530 g/mol. The van der Waals surface area contributed by atoms with Gasteiger partial charge in [0.15, 0.2) is 11.5 Å². The normalized spacial score (nSPS) is 16.2. The highest BCUT2D eigenvalue weighted by Crippen LogP contribution is 2.45. The number of hydrogen-bond donors (Lipinski definition) is 2. The number of amides is 1. The van der Waals surface area contributed by atoms with Gasteiger partial charge in [-0.05, 0) is 73.4 Å². The number of nitrogens with zero attached hydrogens (tertiary/aromatic N) is 5. The first kappa shape index (κ1) is 26.0. The van der Waals surface area contributed by atoms with E-state index in [0.717, 1.165) is 79.3 Å². The van der Waals surface area contributed by atoms with Gasteiger partial charge in [-0.2, -0.15) is 0 Å². The molecule has 3 aromatic heterocycles. The monoisotopic (exact) mass is 561 g/mol. The van der Waals surface area contributed by atoms with Gasteiger partial charge in [0.2, 0.25) is 0 Å². The van der Waals surface area contributed by atoms with Crippen molar-refractivity contribution >= 4 is 28.8 Å². The van der Waals surface area contributed by atoms with Crippen LogP contribution in [-0.4, -0.2) is 51.9 Å². The van der Waals surface area contributed by atoms with Crippen LogP contribution in [0.2, 0.25) is 0 Å². The average Bonchev–Trinajstić information content (AvgIpc) is 3.38. The Morgan fingerprint density at radius 3 is 2.45 bits per heavy atom. The number of pyridine rings is 2. The first-order valence-electron chi connectivity index (χ1n) is 14.1. The molecule has 42 heavy (non-hydrogen) atoms. The molecule has 10 nitrogen and oxygen atoms in total. The second-order valence-corrected chi connectivity index (χ2v) is 10.7. The Morgan fingerprint density at radius 1 is 0.929 bits per heavy atom. The topological polar surface area (TPSA) is 134 Å². The van der Waals surface area contributed by atoms with Gasteiger partial charge in [-0.1, -0.05) is 24.3 Å². The number of ether oxygens (including phenoxy) is 2. The molecular formula is C32H31N7O3. The molecule has 0 unspecified atom stereocenters. The molecule has 0 atom stereocenters. The van der Waals surface area contributed by atoms with E-state index in [-0.39, 0.29) is 0 Å². The Bertz CT molecular complexity index is 1770. The van der Waals surface area contributed by atoms with Crippen LogP contribution in [0.5, 0.6) is 0 Å². The van der Waals surface area contributed by atoms with Crippen molar-refractivity contribution in [1.82, 2.24) is 19.5 Å². The van der Waals surface area contributed by atoms with Crippen LogP contribution in [0.3, 0.4) is 0 Å². The third-order valence-corrected chi connectivity index (χ3v) is 8.21. The Morgan fingerprint density at radius 2 is 1.74 bits per heavy atom. The molecule has 1 saturated carbocycles. The molecule has 0 spiro atoms. The molecule has 2 aliphatic rings. The Balaban J connectivity index is 1.34. The van der Waals surface area contributed by atoms with Crippen molar-refractivity contribution in [2.24, 2.45) is 5.73 Å². The van der Waals surface area contributed by atoms with Crippen molar-refractivity contribution in [1.29, 1.82) is 0 Å². The van der Waals surface area contributed by atoms with Crippen LogP contribution >= 0.6 is 0 Å². The summed E-state index contributed by atoms with van der Waals surface area (Å²) in [6.07, 6.45) is 3.37. The van der Waals surface area contributed by atoms with E-state index in [2.05, 4.69) is 34.1 Å². The molecule has 4 N–H and O–H groups in total. The van der Waals surface area contributed by atoms with Crippen molar-refractivity contribution in [2.45, 2.75) is 24.9 Å². The van der Waals surface area contributed by atoms with Crippen LogP contribution in [0.25, 0.3) is 39.5 Å².